The molecule has 17 heavy (non-hydrogen) atoms. The molecule has 0 amide bonds. The van der Waals surface area contributed by atoms with E-state index in [1.807, 2.05) is 11.3 Å². The SMILES string of the molecule is CN(c1nc2c(s1)CCCC2N)C1CCOC1. The van der Waals surface area contributed by atoms with E-state index in [4.69, 9.17) is 15.5 Å². The molecule has 4 nitrogen and oxygen atoms in total. The molecule has 1 aliphatic carbocycles. The van der Waals surface area contributed by atoms with Crippen molar-refractivity contribution in [1.29, 1.82) is 0 Å². The van der Waals surface area contributed by atoms with E-state index in [1.165, 1.54) is 11.3 Å². The average molecular weight is 253 g/mol. The first-order valence-electron chi connectivity index (χ1n) is 6.31. The van der Waals surface area contributed by atoms with Crippen LogP contribution in [0.4, 0.5) is 5.13 Å². The van der Waals surface area contributed by atoms with Gasteiger partial charge in [0.15, 0.2) is 5.13 Å². The van der Waals surface area contributed by atoms with Crippen molar-refractivity contribution in [2.45, 2.75) is 37.8 Å². The lowest BCUT2D eigenvalue weighted by atomic mass is 9.99. The third-order valence-corrected chi connectivity index (χ3v) is 4.96. The van der Waals surface area contributed by atoms with Crippen molar-refractivity contribution >= 4 is 16.5 Å². The van der Waals surface area contributed by atoms with E-state index in [0.717, 1.165) is 43.3 Å². The number of nitrogens with two attached hydrogens (primary N) is 1. The zero-order valence-electron chi connectivity index (χ0n) is 10.2. The van der Waals surface area contributed by atoms with E-state index in [0.29, 0.717) is 6.04 Å². The van der Waals surface area contributed by atoms with Crippen molar-refractivity contribution < 1.29 is 4.74 Å². The van der Waals surface area contributed by atoms with Crippen LogP contribution in [0.25, 0.3) is 0 Å². The number of hydrogen-bond donors (Lipinski definition) is 1. The first-order valence-corrected chi connectivity index (χ1v) is 7.13. The average Bonchev–Trinajstić information content (AvgIpc) is 2.98. The minimum absolute atomic E-state index is 0.150. The molecular formula is C12H19N3OS. The second-order valence-electron chi connectivity index (χ2n) is 4.93. The summed E-state index contributed by atoms with van der Waals surface area (Å²) in [6.45, 7) is 1.70. The van der Waals surface area contributed by atoms with Crippen molar-refractivity contribution in [3.63, 3.8) is 0 Å². The molecule has 3 rings (SSSR count). The Kier molecular flexibility index (Phi) is 3.06. The van der Waals surface area contributed by atoms with Gasteiger partial charge < -0.3 is 15.4 Å². The number of thiazole rings is 1. The normalized spacial score (nSPS) is 28.1. The monoisotopic (exact) mass is 253 g/mol. The number of nitrogens with zero attached hydrogens (tertiary/aromatic N) is 2. The van der Waals surface area contributed by atoms with Gasteiger partial charge in [0.25, 0.3) is 0 Å². The molecule has 2 heterocycles. The Hall–Kier alpha value is -0.650. The van der Waals surface area contributed by atoms with Gasteiger partial charge in [0.1, 0.15) is 0 Å². The van der Waals surface area contributed by atoms with Gasteiger partial charge in [-0.25, -0.2) is 4.98 Å². The van der Waals surface area contributed by atoms with Crippen molar-refractivity contribution in [3.8, 4) is 0 Å². The summed E-state index contributed by atoms with van der Waals surface area (Å²) in [4.78, 5) is 8.40. The molecule has 2 N–H and O–H groups in total. The Balaban J connectivity index is 1.83. The molecule has 1 aromatic rings. The van der Waals surface area contributed by atoms with Gasteiger partial charge in [0, 0.05) is 24.6 Å². The Bertz CT molecular complexity index is 400. The minimum atomic E-state index is 0.150. The second-order valence-corrected chi connectivity index (χ2v) is 5.99. The van der Waals surface area contributed by atoms with Crippen molar-refractivity contribution in [2.75, 3.05) is 25.2 Å². The van der Waals surface area contributed by atoms with E-state index < -0.39 is 0 Å². The highest BCUT2D eigenvalue weighted by Gasteiger charge is 2.26. The van der Waals surface area contributed by atoms with Gasteiger partial charge in [0.2, 0.25) is 0 Å². The Morgan fingerprint density at radius 2 is 2.35 bits per heavy atom. The lowest BCUT2D eigenvalue weighted by molar-refractivity contribution is 0.193. The van der Waals surface area contributed by atoms with E-state index in [1.54, 1.807) is 0 Å². The predicted octanol–water partition coefficient (Wildman–Crippen LogP) is 1.70. The Morgan fingerprint density at radius 3 is 3.06 bits per heavy atom. The van der Waals surface area contributed by atoms with E-state index >= 15 is 0 Å². The number of hydrogen-bond acceptors (Lipinski definition) is 5. The van der Waals surface area contributed by atoms with Gasteiger partial charge in [-0.05, 0) is 25.7 Å². The standard InChI is InChI=1S/C12H19N3OS/c1-15(8-5-6-16-7-8)12-14-11-9(13)3-2-4-10(11)17-12/h8-9H,2-7,13H2,1H3. The summed E-state index contributed by atoms with van der Waals surface area (Å²) >= 11 is 1.81. The molecule has 2 atom stereocenters. The van der Waals surface area contributed by atoms with Crippen LogP contribution in [-0.4, -0.2) is 31.3 Å². The molecule has 1 aliphatic heterocycles. The maximum atomic E-state index is 6.11. The molecule has 0 saturated carbocycles. The summed E-state index contributed by atoms with van der Waals surface area (Å²) in [6, 6.07) is 0.635. The van der Waals surface area contributed by atoms with Gasteiger partial charge in [-0.15, -0.1) is 11.3 Å². The minimum Gasteiger partial charge on any atom is -0.379 e. The highest BCUT2D eigenvalue weighted by molar-refractivity contribution is 7.15. The van der Waals surface area contributed by atoms with Crippen molar-refractivity contribution in [1.82, 2.24) is 4.98 Å². The molecule has 94 valence electrons. The first kappa shape index (κ1) is 11.4. The number of aromatic nitrogens is 1. The number of anilines is 1. The molecular weight excluding hydrogens is 234 g/mol. The van der Waals surface area contributed by atoms with Gasteiger partial charge in [-0.3, -0.25) is 0 Å². The van der Waals surface area contributed by atoms with Crippen molar-refractivity contribution in [2.24, 2.45) is 5.73 Å². The maximum Gasteiger partial charge on any atom is 0.185 e. The van der Waals surface area contributed by atoms with Crippen LogP contribution >= 0.6 is 11.3 Å². The van der Waals surface area contributed by atoms with Gasteiger partial charge >= 0.3 is 0 Å². The maximum absolute atomic E-state index is 6.11. The molecule has 0 spiro atoms. The van der Waals surface area contributed by atoms with E-state index in [9.17, 15) is 0 Å². The number of fused-ring (bicyclic) bond motifs is 1. The van der Waals surface area contributed by atoms with Crippen LogP contribution < -0.4 is 10.6 Å². The largest absolute Gasteiger partial charge is 0.379 e. The number of aryl methyl sites for hydroxylation is 1. The molecule has 0 aromatic carbocycles. The number of ether oxygens (including phenoxy) is 1. The molecule has 2 aliphatic rings. The van der Waals surface area contributed by atoms with Crippen LogP contribution in [0.3, 0.4) is 0 Å². The predicted molar refractivity (Wildman–Crippen MR) is 69.6 cm³/mol. The summed E-state index contributed by atoms with van der Waals surface area (Å²) in [5, 5.41) is 1.11. The fourth-order valence-corrected chi connectivity index (χ4v) is 3.78. The molecule has 1 aromatic heterocycles. The Labute approximate surface area is 106 Å². The fraction of sp³-hybridized carbons (Fsp3) is 0.750. The summed E-state index contributed by atoms with van der Waals surface area (Å²) in [5.74, 6) is 0. The third-order valence-electron chi connectivity index (χ3n) is 3.74. The Morgan fingerprint density at radius 1 is 1.47 bits per heavy atom. The fourth-order valence-electron chi connectivity index (χ4n) is 2.57. The van der Waals surface area contributed by atoms with Crippen LogP contribution in [-0.2, 0) is 11.2 Å². The van der Waals surface area contributed by atoms with E-state index in [-0.39, 0.29) is 6.04 Å². The third kappa shape index (κ3) is 2.07. The highest BCUT2D eigenvalue weighted by atomic mass is 32.1. The summed E-state index contributed by atoms with van der Waals surface area (Å²) in [6.07, 6.45) is 4.53. The zero-order chi connectivity index (χ0) is 11.8. The lowest BCUT2D eigenvalue weighted by Crippen LogP contribution is -2.31. The smallest absolute Gasteiger partial charge is 0.185 e. The summed E-state index contributed by atoms with van der Waals surface area (Å²) < 4.78 is 5.43. The van der Waals surface area contributed by atoms with Crippen LogP contribution in [0.5, 0.6) is 0 Å². The first-order chi connectivity index (χ1) is 8.25. The molecule has 0 radical (unpaired) electrons. The van der Waals surface area contributed by atoms with Crippen LogP contribution in [0.2, 0.25) is 0 Å². The van der Waals surface area contributed by atoms with Crippen LogP contribution in [0, 0.1) is 0 Å². The van der Waals surface area contributed by atoms with Crippen molar-refractivity contribution in [3.05, 3.63) is 10.6 Å². The number of likely N-dealkylation sites (N-methyl/N-ethyl adjacent to an activating group) is 1. The topological polar surface area (TPSA) is 51.4 Å². The summed E-state index contributed by atoms with van der Waals surface area (Å²) in [5.41, 5.74) is 7.25. The molecule has 2 unspecified atom stereocenters. The second kappa shape index (κ2) is 4.55. The van der Waals surface area contributed by atoms with Gasteiger partial charge in [-0.2, -0.15) is 0 Å². The summed E-state index contributed by atoms with van der Waals surface area (Å²) in [7, 11) is 2.12. The van der Waals surface area contributed by atoms with Gasteiger partial charge in [-0.1, -0.05) is 0 Å². The lowest BCUT2D eigenvalue weighted by Gasteiger charge is -2.22. The number of rotatable bonds is 2. The zero-order valence-corrected chi connectivity index (χ0v) is 11.0. The molecule has 5 heteroatoms. The quantitative estimate of drug-likeness (QED) is 0.871. The molecule has 0 bridgehead atoms. The van der Waals surface area contributed by atoms with E-state index in [2.05, 4.69) is 11.9 Å². The molecule has 1 fully saturated rings. The van der Waals surface area contributed by atoms with Crippen LogP contribution in [0.1, 0.15) is 35.9 Å². The van der Waals surface area contributed by atoms with Gasteiger partial charge in [0.05, 0.1) is 18.3 Å². The highest BCUT2D eigenvalue weighted by Crippen LogP contribution is 2.36. The van der Waals surface area contributed by atoms with Crippen LogP contribution in [0.15, 0.2) is 0 Å². The molecule has 1 saturated heterocycles.